The summed E-state index contributed by atoms with van der Waals surface area (Å²) in [7, 11) is 0. The van der Waals surface area contributed by atoms with Crippen LogP contribution in [0.4, 0.5) is 0 Å². The van der Waals surface area contributed by atoms with E-state index in [-0.39, 0.29) is 6.61 Å². The van der Waals surface area contributed by atoms with Crippen LogP contribution >= 0.6 is 11.3 Å². The van der Waals surface area contributed by atoms with Gasteiger partial charge in [-0.25, -0.2) is 0 Å². The third-order valence-corrected chi connectivity index (χ3v) is 1.98. The summed E-state index contributed by atoms with van der Waals surface area (Å²) in [5, 5.41) is 10.6. The maximum Gasteiger partial charge on any atom is 0.0774 e. The van der Waals surface area contributed by atoms with Crippen molar-refractivity contribution in [1.29, 1.82) is 0 Å². The lowest BCUT2D eigenvalue weighted by atomic mass is 10.3. The molecule has 0 unspecified atom stereocenters. The lowest BCUT2D eigenvalue weighted by molar-refractivity contribution is 0.285. The van der Waals surface area contributed by atoms with E-state index in [1.165, 1.54) is 5.56 Å². The minimum Gasteiger partial charge on any atom is -0.391 e. The van der Waals surface area contributed by atoms with Gasteiger partial charge in [0.25, 0.3) is 0 Å². The highest BCUT2D eigenvalue weighted by Crippen LogP contribution is 2.12. The van der Waals surface area contributed by atoms with Crippen molar-refractivity contribution in [3.05, 3.63) is 21.9 Å². The molecule has 0 amide bonds. The van der Waals surface area contributed by atoms with Gasteiger partial charge in [0, 0.05) is 4.88 Å². The summed E-state index contributed by atoms with van der Waals surface area (Å²) in [6.07, 6.45) is 0. The van der Waals surface area contributed by atoms with Crippen LogP contribution in [0.15, 0.2) is 11.4 Å². The quantitative estimate of drug-likeness (QED) is 0.666. The second kappa shape index (κ2) is 5.45. The summed E-state index contributed by atoms with van der Waals surface area (Å²) in [6, 6.07) is 1.99. The molecule has 1 aromatic rings. The molecular weight excluding hydrogens is 144 g/mol. The normalized spacial score (nSPS) is 8.40. The Labute approximate surface area is 66.3 Å². The van der Waals surface area contributed by atoms with E-state index >= 15 is 0 Å². The number of hydrogen-bond donors (Lipinski definition) is 1. The third kappa shape index (κ3) is 2.99. The first-order chi connectivity index (χ1) is 4.83. The Balaban J connectivity index is 0.000000371. The molecule has 0 atom stereocenters. The highest BCUT2D eigenvalue weighted by molar-refractivity contribution is 7.10. The Kier molecular flexibility index (Phi) is 5.26. The summed E-state index contributed by atoms with van der Waals surface area (Å²) < 4.78 is 0. The van der Waals surface area contributed by atoms with Crippen molar-refractivity contribution in [2.24, 2.45) is 0 Å². The standard InChI is InChI=1S/C6H8OS.C2H6/c1-5-2-6(3-7)8-4-5;1-2/h2,4,7H,3H2,1H3;1-2H3. The Morgan fingerprint density at radius 2 is 2.10 bits per heavy atom. The van der Waals surface area contributed by atoms with Crippen molar-refractivity contribution in [3.63, 3.8) is 0 Å². The van der Waals surface area contributed by atoms with Crippen LogP contribution in [-0.4, -0.2) is 5.11 Å². The van der Waals surface area contributed by atoms with Crippen molar-refractivity contribution in [2.45, 2.75) is 27.4 Å². The van der Waals surface area contributed by atoms with E-state index in [9.17, 15) is 0 Å². The molecule has 0 aliphatic rings. The fourth-order valence-electron chi connectivity index (χ4n) is 0.574. The Morgan fingerprint density at radius 3 is 2.30 bits per heavy atom. The fourth-order valence-corrected chi connectivity index (χ4v) is 1.31. The van der Waals surface area contributed by atoms with Gasteiger partial charge in [-0.2, -0.15) is 0 Å². The third-order valence-electron chi connectivity index (χ3n) is 0.941. The predicted molar refractivity (Wildman–Crippen MR) is 46.3 cm³/mol. The first-order valence-corrected chi connectivity index (χ1v) is 4.36. The smallest absolute Gasteiger partial charge is 0.0774 e. The van der Waals surface area contributed by atoms with Crippen LogP contribution in [0.5, 0.6) is 0 Å². The molecule has 1 rings (SSSR count). The Bertz CT molecular complexity index is 170. The number of aliphatic hydroxyl groups excluding tert-OH is 1. The minimum absolute atomic E-state index is 0.179. The van der Waals surface area contributed by atoms with Gasteiger partial charge in [0.15, 0.2) is 0 Å². The summed E-state index contributed by atoms with van der Waals surface area (Å²) >= 11 is 1.60. The number of aliphatic hydroxyl groups is 1. The van der Waals surface area contributed by atoms with E-state index in [1.54, 1.807) is 11.3 Å². The highest BCUT2D eigenvalue weighted by Gasteiger charge is 1.90. The van der Waals surface area contributed by atoms with Gasteiger partial charge in [-0.05, 0) is 23.9 Å². The summed E-state index contributed by atoms with van der Waals surface area (Å²) in [4.78, 5) is 1.04. The van der Waals surface area contributed by atoms with Crippen LogP contribution in [0.1, 0.15) is 24.3 Å². The topological polar surface area (TPSA) is 20.2 Å². The van der Waals surface area contributed by atoms with Gasteiger partial charge < -0.3 is 5.11 Å². The molecule has 0 aliphatic carbocycles. The van der Waals surface area contributed by atoms with E-state index in [4.69, 9.17) is 5.11 Å². The molecule has 0 saturated carbocycles. The number of rotatable bonds is 1. The SMILES string of the molecule is CC.Cc1csc(CO)c1. The molecule has 0 aromatic carbocycles. The fraction of sp³-hybridized carbons (Fsp3) is 0.500. The van der Waals surface area contributed by atoms with E-state index in [0.29, 0.717) is 0 Å². The predicted octanol–water partition coefficient (Wildman–Crippen LogP) is 2.58. The molecule has 0 spiro atoms. The van der Waals surface area contributed by atoms with E-state index < -0.39 is 0 Å². The van der Waals surface area contributed by atoms with Gasteiger partial charge in [-0.3, -0.25) is 0 Å². The molecule has 1 heterocycles. The summed E-state index contributed by atoms with van der Waals surface area (Å²) in [6.45, 7) is 6.20. The first-order valence-electron chi connectivity index (χ1n) is 3.48. The Morgan fingerprint density at radius 1 is 1.50 bits per heavy atom. The molecular formula is C8H14OS. The molecule has 0 saturated heterocycles. The number of thiophene rings is 1. The molecule has 10 heavy (non-hydrogen) atoms. The van der Waals surface area contributed by atoms with E-state index in [0.717, 1.165) is 4.88 Å². The largest absolute Gasteiger partial charge is 0.391 e. The van der Waals surface area contributed by atoms with Crippen molar-refractivity contribution < 1.29 is 5.11 Å². The van der Waals surface area contributed by atoms with Gasteiger partial charge >= 0.3 is 0 Å². The van der Waals surface area contributed by atoms with Crippen molar-refractivity contribution >= 4 is 11.3 Å². The average Bonchev–Trinajstić information content (AvgIpc) is 2.40. The molecule has 58 valence electrons. The highest BCUT2D eigenvalue weighted by atomic mass is 32.1. The van der Waals surface area contributed by atoms with Crippen LogP contribution in [0.2, 0.25) is 0 Å². The zero-order valence-electron chi connectivity index (χ0n) is 6.72. The molecule has 0 bridgehead atoms. The van der Waals surface area contributed by atoms with Crippen LogP contribution < -0.4 is 0 Å². The van der Waals surface area contributed by atoms with Crippen molar-refractivity contribution in [2.75, 3.05) is 0 Å². The van der Waals surface area contributed by atoms with Crippen LogP contribution in [0.3, 0.4) is 0 Å². The van der Waals surface area contributed by atoms with Gasteiger partial charge in [-0.1, -0.05) is 13.8 Å². The lowest BCUT2D eigenvalue weighted by Gasteiger charge is -1.79. The summed E-state index contributed by atoms with van der Waals surface area (Å²) in [5.41, 5.74) is 1.24. The molecule has 0 fully saturated rings. The maximum absolute atomic E-state index is 8.56. The molecule has 0 radical (unpaired) electrons. The second-order valence-electron chi connectivity index (χ2n) is 1.75. The molecule has 2 heteroatoms. The van der Waals surface area contributed by atoms with Gasteiger partial charge in [0.2, 0.25) is 0 Å². The lowest BCUT2D eigenvalue weighted by Crippen LogP contribution is -1.70. The first kappa shape index (κ1) is 9.66. The van der Waals surface area contributed by atoms with Crippen LogP contribution in [-0.2, 0) is 6.61 Å². The number of hydrogen-bond acceptors (Lipinski definition) is 2. The van der Waals surface area contributed by atoms with E-state index in [1.807, 2.05) is 32.2 Å². The molecule has 1 aromatic heterocycles. The zero-order valence-corrected chi connectivity index (χ0v) is 7.53. The second-order valence-corrected chi connectivity index (χ2v) is 2.74. The van der Waals surface area contributed by atoms with Crippen LogP contribution in [0.25, 0.3) is 0 Å². The van der Waals surface area contributed by atoms with E-state index in [2.05, 4.69) is 0 Å². The zero-order chi connectivity index (χ0) is 7.98. The minimum atomic E-state index is 0.179. The van der Waals surface area contributed by atoms with Crippen molar-refractivity contribution in [3.8, 4) is 0 Å². The van der Waals surface area contributed by atoms with Crippen molar-refractivity contribution in [1.82, 2.24) is 0 Å². The maximum atomic E-state index is 8.56. The monoisotopic (exact) mass is 158 g/mol. The Hall–Kier alpha value is -0.340. The summed E-state index contributed by atoms with van der Waals surface area (Å²) in [5.74, 6) is 0. The van der Waals surface area contributed by atoms with Gasteiger partial charge in [0.1, 0.15) is 0 Å². The number of aryl methyl sites for hydroxylation is 1. The molecule has 1 N–H and O–H groups in total. The molecule has 1 nitrogen and oxygen atoms in total. The van der Waals surface area contributed by atoms with Gasteiger partial charge in [-0.15, -0.1) is 11.3 Å². The van der Waals surface area contributed by atoms with Crippen LogP contribution in [0, 0.1) is 6.92 Å². The molecule has 0 aliphatic heterocycles. The average molecular weight is 158 g/mol. The van der Waals surface area contributed by atoms with Gasteiger partial charge in [0.05, 0.1) is 6.61 Å².